The largest absolute Gasteiger partial charge is 0.383 e. The van der Waals surface area contributed by atoms with Crippen LogP contribution in [0, 0.1) is 0 Å². The smallest absolute Gasteiger partial charge is 0.236 e. The first-order chi connectivity index (χ1) is 8.74. The molecule has 0 aromatic heterocycles. The molecule has 0 aromatic carbocycles. The molecule has 2 N–H and O–H groups in total. The van der Waals surface area contributed by atoms with Gasteiger partial charge in [-0.2, -0.15) is 0 Å². The van der Waals surface area contributed by atoms with Gasteiger partial charge in [-0.25, -0.2) is 0 Å². The van der Waals surface area contributed by atoms with Gasteiger partial charge in [0.15, 0.2) is 0 Å². The summed E-state index contributed by atoms with van der Waals surface area (Å²) in [5.41, 5.74) is 1.54. The first kappa shape index (κ1) is 15.2. The van der Waals surface area contributed by atoms with Gasteiger partial charge in [0.25, 0.3) is 0 Å². The van der Waals surface area contributed by atoms with Crippen molar-refractivity contribution in [1.82, 2.24) is 10.6 Å². The Morgan fingerprint density at radius 3 is 2.94 bits per heavy atom. The lowest BCUT2D eigenvalue weighted by molar-refractivity contribution is -0.122. The maximum Gasteiger partial charge on any atom is 0.236 e. The van der Waals surface area contributed by atoms with Gasteiger partial charge in [0.2, 0.25) is 5.91 Å². The SMILES string of the molecule is COCCNC(=O)C(C)NCCC1=CCCCC1. The van der Waals surface area contributed by atoms with Gasteiger partial charge in [-0.05, 0) is 45.6 Å². The third-order valence-corrected chi connectivity index (χ3v) is 3.28. The Balaban J connectivity index is 2.10. The average molecular weight is 254 g/mol. The van der Waals surface area contributed by atoms with E-state index in [-0.39, 0.29) is 11.9 Å². The minimum Gasteiger partial charge on any atom is -0.383 e. The molecule has 1 atom stereocenters. The van der Waals surface area contributed by atoms with Gasteiger partial charge in [0, 0.05) is 13.7 Å². The molecule has 0 heterocycles. The van der Waals surface area contributed by atoms with Crippen LogP contribution in [0.5, 0.6) is 0 Å². The Bertz CT molecular complexity index is 277. The van der Waals surface area contributed by atoms with E-state index in [2.05, 4.69) is 16.7 Å². The number of hydrogen-bond acceptors (Lipinski definition) is 3. The van der Waals surface area contributed by atoms with E-state index in [0.717, 1.165) is 13.0 Å². The van der Waals surface area contributed by atoms with E-state index in [0.29, 0.717) is 13.2 Å². The standard InChI is InChI=1S/C14H26N2O2/c1-12(14(17)16-10-11-18-2)15-9-8-13-6-4-3-5-7-13/h6,12,15H,3-5,7-11H2,1-2H3,(H,16,17). The lowest BCUT2D eigenvalue weighted by Crippen LogP contribution is -2.43. The Labute approximate surface area is 110 Å². The van der Waals surface area contributed by atoms with Gasteiger partial charge in [-0.1, -0.05) is 11.6 Å². The molecule has 4 heteroatoms. The Hall–Kier alpha value is -0.870. The number of allylic oxidation sites excluding steroid dienone is 1. The van der Waals surface area contributed by atoms with Gasteiger partial charge in [0.1, 0.15) is 0 Å². The minimum absolute atomic E-state index is 0.0460. The molecule has 0 aliphatic heterocycles. The zero-order valence-corrected chi connectivity index (χ0v) is 11.6. The van der Waals surface area contributed by atoms with Crippen LogP contribution in [-0.2, 0) is 9.53 Å². The normalized spacial score (nSPS) is 17.1. The number of rotatable bonds is 8. The highest BCUT2D eigenvalue weighted by Gasteiger charge is 2.11. The third-order valence-electron chi connectivity index (χ3n) is 3.28. The Kier molecular flexibility index (Phi) is 7.69. The van der Waals surface area contributed by atoms with Crippen molar-refractivity contribution in [2.75, 3.05) is 26.8 Å². The summed E-state index contributed by atoms with van der Waals surface area (Å²) in [6.45, 7) is 3.92. The predicted molar refractivity (Wildman–Crippen MR) is 73.5 cm³/mol. The van der Waals surface area contributed by atoms with Crippen LogP contribution in [0.3, 0.4) is 0 Å². The number of hydrogen-bond donors (Lipinski definition) is 2. The summed E-state index contributed by atoms with van der Waals surface area (Å²) in [5, 5.41) is 6.09. The van der Waals surface area contributed by atoms with Gasteiger partial charge in [-0.3, -0.25) is 4.79 Å². The summed E-state index contributed by atoms with van der Waals surface area (Å²) in [4.78, 5) is 11.7. The zero-order chi connectivity index (χ0) is 13.2. The van der Waals surface area contributed by atoms with Crippen LogP contribution in [0.2, 0.25) is 0 Å². The maximum atomic E-state index is 11.7. The van der Waals surface area contributed by atoms with E-state index < -0.39 is 0 Å². The molecule has 1 unspecified atom stereocenters. The Morgan fingerprint density at radius 2 is 2.28 bits per heavy atom. The second-order valence-corrected chi connectivity index (χ2v) is 4.82. The van der Waals surface area contributed by atoms with Crippen LogP contribution in [0.4, 0.5) is 0 Å². The van der Waals surface area contributed by atoms with E-state index in [1.807, 2.05) is 6.92 Å². The second-order valence-electron chi connectivity index (χ2n) is 4.82. The molecule has 0 saturated carbocycles. The molecule has 1 amide bonds. The van der Waals surface area contributed by atoms with Crippen molar-refractivity contribution in [1.29, 1.82) is 0 Å². The van der Waals surface area contributed by atoms with Crippen LogP contribution in [0.15, 0.2) is 11.6 Å². The molecule has 0 bridgehead atoms. The summed E-state index contributed by atoms with van der Waals surface area (Å²) < 4.78 is 4.89. The van der Waals surface area contributed by atoms with Crippen molar-refractivity contribution in [3.05, 3.63) is 11.6 Å². The van der Waals surface area contributed by atoms with Crippen molar-refractivity contribution in [3.63, 3.8) is 0 Å². The van der Waals surface area contributed by atoms with Crippen molar-refractivity contribution >= 4 is 5.91 Å². The first-order valence-electron chi connectivity index (χ1n) is 6.92. The molecule has 0 saturated heterocycles. The topological polar surface area (TPSA) is 50.4 Å². The quantitative estimate of drug-likeness (QED) is 0.511. The fraction of sp³-hybridized carbons (Fsp3) is 0.786. The fourth-order valence-corrected chi connectivity index (χ4v) is 2.10. The van der Waals surface area contributed by atoms with Gasteiger partial charge >= 0.3 is 0 Å². The lowest BCUT2D eigenvalue weighted by atomic mass is 9.97. The van der Waals surface area contributed by atoms with Crippen LogP contribution in [0.25, 0.3) is 0 Å². The van der Waals surface area contributed by atoms with Crippen molar-refractivity contribution in [3.8, 4) is 0 Å². The first-order valence-corrected chi connectivity index (χ1v) is 6.92. The number of carbonyl (C=O) groups excluding carboxylic acids is 1. The van der Waals surface area contributed by atoms with E-state index in [1.165, 1.54) is 25.7 Å². The molecule has 18 heavy (non-hydrogen) atoms. The van der Waals surface area contributed by atoms with Crippen LogP contribution in [0.1, 0.15) is 39.0 Å². The van der Waals surface area contributed by atoms with Crippen LogP contribution < -0.4 is 10.6 Å². The summed E-state index contributed by atoms with van der Waals surface area (Å²) in [7, 11) is 1.63. The maximum absolute atomic E-state index is 11.7. The second kappa shape index (κ2) is 9.11. The monoisotopic (exact) mass is 254 g/mol. The molecule has 1 aliphatic carbocycles. The number of amides is 1. The van der Waals surface area contributed by atoms with E-state index in [9.17, 15) is 4.79 Å². The molecular formula is C14H26N2O2. The molecule has 0 radical (unpaired) electrons. The van der Waals surface area contributed by atoms with Crippen LogP contribution >= 0.6 is 0 Å². The van der Waals surface area contributed by atoms with E-state index in [1.54, 1.807) is 12.7 Å². The average Bonchev–Trinajstić information content (AvgIpc) is 2.40. The molecule has 4 nitrogen and oxygen atoms in total. The number of methoxy groups -OCH3 is 1. The molecular weight excluding hydrogens is 228 g/mol. The molecule has 0 fully saturated rings. The van der Waals surface area contributed by atoms with Gasteiger partial charge in [-0.15, -0.1) is 0 Å². The number of ether oxygens (including phenoxy) is 1. The molecule has 1 aliphatic rings. The summed E-state index contributed by atoms with van der Waals surface area (Å²) >= 11 is 0. The van der Waals surface area contributed by atoms with Gasteiger partial charge < -0.3 is 15.4 Å². The lowest BCUT2D eigenvalue weighted by Gasteiger charge is -2.16. The van der Waals surface area contributed by atoms with Crippen molar-refractivity contribution in [2.45, 2.75) is 45.1 Å². The zero-order valence-electron chi connectivity index (χ0n) is 11.6. The highest BCUT2D eigenvalue weighted by atomic mass is 16.5. The minimum atomic E-state index is -0.133. The fourth-order valence-electron chi connectivity index (χ4n) is 2.10. The van der Waals surface area contributed by atoms with E-state index >= 15 is 0 Å². The summed E-state index contributed by atoms with van der Waals surface area (Å²) in [6.07, 6.45) is 8.52. The summed E-state index contributed by atoms with van der Waals surface area (Å²) in [5.74, 6) is 0.0460. The van der Waals surface area contributed by atoms with Crippen LogP contribution in [-0.4, -0.2) is 38.8 Å². The van der Waals surface area contributed by atoms with Crippen molar-refractivity contribution < 1.29 is 9.53 Å². The van der Waals surface area contributed by atoms with Gasteiger partial charge in [0.05, 0.1) is 12.6 Å². The molecule has 0 spiro atoms. The molecule has 104 valence electrons. The number of nitrogens with one attached hydrogen (secondary N) is 2. The molecule has 1 rings (SSSR count). The highest BCUT2D eigenvalue weighted by Crippen LogP contribution is 2.19. The third kappa shape index (κ3) is 6.17. The van der Waals surface area contributed by atoms with Crippen molar-refractivity contribution in [2.24, 2.45) is 0 Å². The summed E-state index contributed by atoms with van der Waals surface area (Å²) in [6, 6.07) is -0.133. The number of carbonyl (C=O) groups is 1. The Morgan fingerprint density at radius 1 is 1.44 bits per heavy atom. The highest BCUT2D eigenvalue weighted by molar-refractivity contribution is 5.81. The molecule has 0 aromatic rings. The van der Waals surface area contributed by atoms with E-state index in [4.69, 9.17) is 4.74 Å². The predicted octanol–water partition coefficient (Wildman–Crippen LogP) is 1.62.